The summed E-state index contributed by atoms with van der Waals surface area (Å²) in [5.41, 5.74) is 7.14. The fourth-order valence-corrected chi connectivity index (χ4v) is 4.30. The van der Waals surface area contributed by atoms with E-state index in [9.17, 15) is 0 Å². The first-order chi connectivity index (χ1) is 8.84. The van der Waals surface area contributed by atoms with Crippen molar-refractivity contribution < 1.29 is 4.52 Å². The lowest BCUT2D eigenvalue weighted by Gasteiger charge is -2.16. The minimum atomic E-state index is 0.323. The average molecular weight is 280 g/mol. The summed E-state index contributed by atoms with van der Waals surface area (Å²) in [6.45, 7) is 0. The molecule has 1 aliphatic rings. The summed E-state index contributed by atoms with van der Waals surface area (Å²) in [5.74, 6) is 4.61. The zero-order valence-electron chi connectivity index (χ0n) is 9.57. The van der Waals surface area contributed by atoms with Gasteiger partial charge in [0.25, 0.3) is 5.89 Å². The van der Waals surface area contributed by atoms with Crippen molar-refractivity contribution in [2.75, 3.05) is 23.0 Å². The van der Waals surface area contributed by atoms with E-state index in [0.717, 1.165) is 22.9 Å². The van der Waals surface area contributed by atoms with Crippen LogP contribution in [0.1, 0.15) is 11.1 Å². The number of nitrogens with zero attached hydrogens (tertiary/aromatic N) is 3. The molecule has 1 saturated heterocycles. The van der Waals surface area contributed by atoms with E-state index >= 15 is 0 Å². The van der Waals surface area contributed by atoms with E-state index in [1.807, 2.05) is 23.5 Å². The lowest BCUT2D eigenvalue weighted by atomic mass is 10.2. The number of hydrogen-bond acceptors (Lipinski definition) is 7. The second-order valence-electron chi connectivity index (χ2n) is 3.86. The van der Waals surface area contributed by atoms with Gasteiger partial charge in [0.15, 0.2) is 5.82 Å². The summed E-state index contributed by atoms with van der Waals surface area (Å²) in [7, 11) is 0. The summed E-state index contributed by atoms with van der Waals surface area (Å²) < 4.78 is 5.29. The van der Waals surface area contributed by atoms with Crippen LogP contribution in [0.5, 0.6) is 0 Å². The van der Waals surface area contributed by atoms with Crippen LogP contribution in [-0.2, 0) is 0 Å². The number of pyridine rings is 1. The Morgan fingerprint density at radius 1 is 1.39 bits per heavy atom. The Bertz CT molecular complexity index is 539. The maximum Gasteiger partial charge on any atom is 0.260 e. The van der Waals surface area contributed by atoms with Gasteiger partial charge in [-0.3, -0.25) is 4.98 Å². The van der Waals surface area contributed by atoms with Crippen LogP contribution >= 0.6 is 23.5 Å². The molecule has 1 unspecified atom stereocenters. The zero-order chi connectivity index (χ0) is 12.4. The van der Waals surface area contributed by atoms with Gasteiger partial charge in [0, 0.05) is 23.5 Å². The molecule has 0 saturated carbocycles. The molecule has 3 heterocycles. The Kier molecular flexibility index (Phi) is 3.42. The van der Waals surface area contributed by atoms with Gasteiger partial charge >= 0.3 is 0 Å². The van der Waals surface area contributed by atoms with Gasteiger partial charge in [-0.05, 0) is 6.07 Å². The van der Waals surface area contributed by atoms with E-state index in [0.29, 0.717) is 16.8 Å². The summed E-state index contributed by atoms with van der Waals surface area (Å²) in [4.78, 5) is 8.39. The van der Waals surface area contributed by atoms with Crippen LogP contribution in [0.3, 0.4) is 0 Å². The third-order valence-corrected chi connectivity index (χ3v) is 5.38. The number of nitrogens with two attached hydrogens (primary N) is 1. The van der Waals surface area contributed by atoms with E-state index in [1.165, 1.54) is 5.75 Å². The molecule has 7 heteroatoms. The van der Waals surface area contributed by atoms with Crippen LogP contribution in [0.15, 0.2) is 23.0 Å². The molecule has 0 spiro atoms. The molecule has 3 rings (SSSR count). The van der Waals surface area contributed by atoms with Crippen molar-refractivity contribution in [1.29, 1.82) is 0 Å². The van der Waals surface area contributed by atoms with Crippen molar-refractivity contribution in [2.45, 2.75) is 5.25 Å². The first kappa shape index (κ1) is 11.9. The Morgan fingerprint density at radius 3 is 3.11 bits per heavy atom. The Hall–Kier alpha value is -1.21. The van der Waals surface area contributed by atoms with Crippen molar-refractivity contribution >= 4 is 29.2 Å². The Morgan fingerprint density at radius 2 is 2.33 bits per heavy atom. The maximum atomic E-state index is 5.84. The van der Waals surface area contributed by atoms with Gasteiger partial charge in [-0.15, -0.1) is 11.8 Å². The molecule has 94 valence electrons. The van der Waals surface area contributed by atoms with Gasteiger partial charge < -0.3 is 10.3 Å². The van der Waals surface area contributed by atoms with E-state index in [-0.39, 0.29) is 0 Å². The molecule has 0 amide bonds. The molecule has 0 radical (unpaired) electrons. The van der Waals surface area contributed by atoms with Crippen molar-refractivity contribution in [3.63, 3.8) is 0 Å². The summed E-state index contributed by atoms with van der Waals surface area (Å²) in [5, 5.41) is 4.38. The maximum absolute atomic E-state index is 5.84. The smallest absolute Gasteiger partial charge is 0.260 e. The molecular formula is C11H12N4OS2. The standard InChI is InChI=1S/C11H12N4OS2/c12-8-5-13-2-1-7(8)11-14-10(15-16-11)9-6-17-3-4-18-9/h1-2,5,9H,3-4,6,12H2. The molecule has 1 fully saturated rings. The second kappa shape index (κ2) is 5.19. The molecule has 0 aromatic carbocycles. The molecule has 18 heavy (non-hydrogen) atoms. The van der Waals surface area contributed by atoms with Crippen molar-refractivity contribution in [1.82, 2.24) is 15.1 Å². The van der Waals surface area contributed by atoms with Gasteiger partial charge in [-0.1, -0.05) is 5.16 Å². The van der Waals surface area contributed by atoms with Crippen molar-refractivity contribution in [3.05, 3.63) is 24.3 Å². The first-order valence-electron chi connectivity index (χ1n) is 5.57. The van der Waals surface area contributed by atoms with Crippen LogP contribution in [-0.4, -0.2) is 32.4 Å². The quantitative estimate of drug-likeness (QED) is 0.903. The highest BCUT2D eigenvalue weighted by molar-refractivity contribution is 8.06. The number of thioether (sulfide) groups is 2. The average Bonchev–Trinajstić information content (AvgIpc) is 2.90. The molecule has 1 atom stereocenters. The Labute approximate surface area is 113 Å². The van der Waals surface area contributed by atoms with Gasteiger partial charge in [0.1, 0.15) is 0 Å². The van der Waals surface area contributed by atoms with E-state index in [2.05, 4.69) is 15.1 Å². The van der Waals surface area contributed by atoms with Gasteiger partial charge in [0.05, 0.1) is 22.7 Å². The van der Waals surface area contributed by atoms with E-state index in [4.69, 9.17) is 10.3 Å². The molecule has 2 aromatic rings. The molecule has 2 N–H and O–H groups in total. The summed E-state index contributed by atoms with van der Waals surface area (Å²) in [6, 6.07) is 1.79. The third-order valence-electron chi connectivity index (χ3n) is 2.63. The number of hydrogen-bond donors (Lipinski definition) is 1. The van der Waals surface area contributed by atoms with Crippen molar-refractivity contribution in [2.24, 2.45) is 0 Å². The van der Waals surface area contributed by atoms with Crippen LogP contribution in [0.2, 0.25) is 0 Å². The molecule has 0 bridgehead atoms. The lowest BCUT2D eigenvalue weighted by Crippen LogP contribution is -2.07. The largest absolute Gasteiger partial charge is 0.397 e. The zero-order valence-corrected chi connectivity index (χ0v) is 11.2. The minimum Gasteiger partial charge on any atom is -0.397 e. The first-order valence-corrected chi connectivity index (χ1v) is 7.78. The molecule has 1 aliphatic heterocycles. The fraction of sp³-hybridized carbons (Fsp3) is 0.364. The van der Waals surface area contributed by atoms with Crippen LogP contribution in [0, 0.1) is 0 Å². The minimum absolute atomic E-state index is 0.323. The number of anilines is 1. The summed E-state index contributed by atoms with van der Waals surface area (Å²) >= 11 is 3.81. The molecular weight excluding hydrogens is 268 g/mol. The van der Waals surface area contributed by atoms with E-state index in [1.54, 1.807) is 18.5 Å². The van der Waals surface area contributed by atoms with Crippen molar-refractivity contribution in [3.8, 4) is 11.5 Å². The highest BCUT2D eigenvalue weighted by Gasteiger charge is 2.22. The number of nitrogen functional groups attached to an aromatic ring is 1. The SMILES string of the molecule is Nc1cnccc1-c1nc(C2CSCCS2)no1. The monoisotopic (exact) mass is 280 g/mol. The highest BCUT2D eigenvalue weighted by atomic mass is 32.2. The van der Waals surface area contributed by atoms with Gasteiger partial charge in [-0.2, -0.15) is 16.7 Å². The van der Waals surface area contributed by atoms with Crippen LogP contribution < -0.4 is 5.73 Å². The molecule has 5 nitrogen and oxygen atoms in total. The number of rotatable bonds is 2. The topological polar surface area (TPSA) is 77.8 Å². The predicted octanol–water partition coefficient (Wildman–Crippen LogP) is 2.23. The third kappa shape index (κ3) is 2.32. The Balaban J connectivity index is 1.87. The molecule has 2 aromatic heterocycles. The fourth-order valence-electron chi connectivity index (χ4n) is 1.71. The van der Waals surface area contributed by atoms with Gasteiger partial charge in [0.2, 0.25) is 0 Å². The predicted molar refractivity (Wildman–Crippen MR) is 74.5 cm³/mol. The van der Waals surface area contributed by atoms with Gasteiger partial charge in [-0.25, -0.2) is 0 Å². The molecule has 0 aliphatic carbocycles. The second-order valence-corrected chi connectivity index (χ2v) is 6.32. The summed E-state index contributed by atoms with van der Waals surface area (Å²) in [6.07, 6.45) is 3.26. The number of aromatic nitrogens is 3. The van der Waals surface area contributed by atoms with Crippen LogP contribution in [0.4, 0.5) is 5.69 Å². The lowest BCUT2D eigenvalue weighted by molar-refractivity contribution is 0.423. The normalized spacial score (nSPS) is 19.9. The van der Waals surface area contributed by atoms with Crippen LogP contribution in [0.25, 0.3) is 11.5 Å². The van der Waals surface area contributed by atoms with E-state index < -0.39 is 0 Å². The highest BCUT2D eigenvalue weighted by Crippen LogP contribution is 2.36.